The Morgan fingerprint density at radius 2 is 1.57 bits per heavy atom. The summed E-state index contributed by atoms with van der Waals surface area (Å²) in [4.78, 5) is 24.9. The maximum Gasteiger partial charge on any atom is 0.573 e. The number of ether oxygens (including phenoxy) is 1. The summed E-state index contributed by atoms with van der Waals surface area (Å²) in [6.45, 7) is 4.11. The molecule has 0 aliphatic carbocycles. The second kappa shape index (κ2) is 8.10. The predicted octanol–water partition coefficient (Wildman–Crippen LogP) is 3.85. The molecule has 3 aromatic rings. The molecule has 0 bridgehead atoms. The molecular weight excluding hydrogens is 399 g/mol. The average molecular weight is 419 g/mol. The van der Waals surface area contributed by atoms with Crippen molar-refractivity contribution in [2.75, 3.05) is 5.32 Å². The van der Waals surface area contributed by atoms with Gasteiger partial charge in [0.15, 0.2) is 0 Å². The standard InChI is InChI=1S/C21H20F3N3O3/c1-13-8-14(2)10-15(9-13)12-27-18(11-19(28)26(3)20(27)29)25-16-4-6-17(7-5-16)30-21(22,23)24/h4-11,25H,12H2,1-3H3. The van der Waals surface area contributed by atoms with Gasteiger partial charge in [0.2, 0.25) is 0 Å². The Balaban J connectivity index is 1.96. The SMILES string of the molecule is Cc1cc(C)cc(Cn2c(Nc3ccc(OC(F)(F)F)cc3)cc(=O)n(C)c2=O)c1. The first-order valence-corrected chi connectivity index (χ1v) is 9.03. The van der Waals surface area contributed by atoms with E-state index in [2.05, 4.69) is 10.1 Å². The molecule has 0 aliphatic heterocycles. The van der Waals surface area contributed by atoms with E-state index in [1.807, 2.05) is 32.0 Å². The Morgan fingerprint density at radius 3 is 2.13 bits per heavy atom. The van der Waals surface area contributed by atoms with Gasteiger partial charge in [0, 0.05) is 18.8 Å². The number of nitrogens with zero attached hydrogens (tertiary/aromatic N) is 2. The largest absolute Gasteiger partial charge is 0.573 e. The number of hydrogen-bond donors (Lipinski definition) is 1. The van der Waals surface area contributed by atoms with E-state index in [0.717, 1.165) is 33.4 Å². The van der Waals surface area contributed by atoms with Crippen LogP contribution < -0.4 is 21.3 Å². The molecule has 0 amide bonds. The highest BCUT2D eigenvalue weighted by Gasteiger charge is 2.30. The molecule has 158 valence electrons. The fourth-order valence-corrected chi connectivity index (χ4v) is 3.16. The molecule has 30 heavy (non-hydrogen) atoms. The molecular formula is C21H20F3N3O3. The number of anilines is 2. The van der Waals surface area contributed by atoms with Gasteiger partial charge in [-0.3, -0.25) is 13.9 Å². The van der Waals surface area contributed by atoms with Crippen molar-refractivity contribution in [1.29, 1.82) is 0 Å². The topological polar surface area (TPSA) is 65.3 Å². The first-order chi connectivity index (χ1) is 14.0. The normalized spacial score (nSPS) is 11.4. The van der Waals surface area contributed by atoms with E-state index in [4.69, 9.17) is 0 Å². The Bertz CT molecular complexity index is 1160. The lowest BCUT2D eigenvalue weighted by molar-refractivity contribution is -0.274. The number of benzene rings is 2. The number of aryl methyl sites for hydroxylation is 2. The zero-order valence-corrected chi connectivity index (χ0v) is 16.6. The lowest BCUT2D eigenvalue weighted by Crippen LogP contribution is -2.38. The van der Waals surface area contributed by atoms with Crippen molar-refractivity contribution in [2.24, 2.45) is 7.05 Å². The molecule has 0 saturated heterocycles. The fraction of sp³-hybridized carbons (Fsp3) is 0.238. The van der Waals surface area contributed by atoms with E-state index in [9.17, 15) is 22.8 Å². The zero-order valence-electron chi connectivity index (χ0n) is 16.6. The molecule has 0 radical (unpaired) electrons. The van der Waals surface area contributed by atoms with Gasteiger partial charge in [0.05, 0.1) is 6.54 Å². The number of alkyl halides is 3. The minimum atomic E-state index is -4.78. The molecule has 0 spiro atoms. The molecule has 6 nitrogen and oxygen atoms in total. The summed E-state index contributed by atoms with van der Waals surface area (Å²) in [5.74, 6) is -0.142. The van der Waals surface area contributed by atoms with E-state index in [1.165, 1.54) is 29.8 Å². The van der Waals surface area contributed by atoms with Crippen LogP contribution in [0, 0.1) is 13.8 Å². The number of aromatic nitrogens is 2. The summed E-state index contributed by atoms with van der Waals surface area (Å²) in [6, 6.07) is 12.2. The summed E-state index contributed by atoms with van der Waals surface area (Å²) >= 11 is 0. The fourth-order valence-electron chi connectivity index (χ4n) is 3.16. The van der Waals surface area contributed by atoms with Gasteiger partial charge >= 0.3 is 12.1 Å². The van der Waals surface area contributed by atoms with E-state index in [-0.39, 0.29) is 18.1 Å². The summed E-state index contributed by atoms with van der Waals surface area (Å²) < 4.78 is 43.2. The smallest absolute Gasteiger partial charge is 0.406 e. The number of halogens is 3. The van der Waals surface area contributed by atoms with Gasteiger partial charge in [-0.1, -0.05) is 29.3 Å². The second-order valence-corrected chi connectivity index (χ2v) is 6.99. The minimum Gasteiger partial charge on any atom is -0.406 e. The van der Waals surface area contributed by atoms with Gasteiger partial charge in [0.1, 0.15) is 11.6 Å². The molecule has 1 heterocycles. The van der Waals surface area contributed by atoms with Gasteiger partial charge in [-0.15, -0.1) is 13.2 Å². The van der Waals surface area contributed by atoms with Crippen LogP contribution in [0.5, 0.6) is 5.75 Å². The predicted molar refractivity (Wildman–Crippen MR) is 107 cm³/mol. The van der Waals surface area contributed by atoms with E-state index < -0.39 is 17.6 Å². The quantitative estimate of drug-likeness (QED) is 0.682. The van der Waals surface area contributed by atoms with Crippen LogP contribution >= 0.6 is 0 Å². The van der Waals surface area contributed by atoms with Crippen molar-refractivity contribution in [3.8, 4) is 5.75 Å². The number of hydrogen-bond acceptors (Lipinski definition) is 4. The Morgan fingerprint density at radius 1 is 0.967 bits per heavy atom. The maximum atomic E-state index is 12.7. The first-order valence-electron chi connectivity index (χ1n) is 9.03. The summed E-state index contributed by atoms with van der Waals surface area (Å²) in [6.07, 6.45) is -4.78. The lowest BCUT2D eigenvalue weighted by Gasteiger charge is -2.16. The molecule has 0 atom stereocenters. The number of rotatable bonds is 5. The van der Waals surface area contributed by atoms with Crippen LogP contribution in [0.1, 0.15) is 16.7 Å². The third kappa shape index (κ3) is 5.11. The lowest BCUT2D eigenvalue weighted by atomic mass is 10.1. The van der Waals surface area contributed by atoms with Crippen LogP contribution in [0.4, 0.5) is 24.7 Å². The molecule has 0 aliphatic rings. The highest BCUT2D eigenvalue weighted by atomic mass is 19.4. The summed E-state index contributed by atoms with van der Waals surface area (Å²) in [5.41, 5.74) is 2.34. The van der Waals surface area contributed by atoms with Crippen molar-refractivity contribution in [3.63, 3.8) is 0 Å². The van der Waals surface area contributed by atoms with Crippen molar-refractivity contribution >= 4 is 11.5 Å². The van der Waals surface area contributed by atoms with Crippen LogP contribution in [-0.2, 0) is 13.6 Å². The molecule has 0 fully saturated rings. The van der Waals surface area contributed by atoms with E-state index in [0.29, 0.717) is 5.69 Å². The third-order valence-electron chi connectivity index (χ3n) is 4.38. The Labute approximate surface area is 170 Å². The molecule has 9 heteroatoms. The van der Waals surface area contributed by atoms with Crippen LogP contribution in [0.15, 0.2) is 58.1 Å². The van der Waals surface area contributed by atoms with E-state index >= 15 is 0 Å². The first kappa shape index (κ1) is 21.2. The molecule has 0 unspecified atom stereocenters. The zero-order chi connectivity index (χ0) is 22.1. The monoisotopic (exact) mass is 419 g/mol. The number of nitrogens with one attached hydrogen (secondary N) is 1. The van der Waals surface area contributed by atoms with Gasteiger partial charge in [-0.25, -0.2) is 4.79 Å². The van der Waals surface area contributed by atoms with Crippen molar-refractivity contribution in [3.05, 3.63) is 86.1 Å². The summed E-state index contributed by atoms with van der Waals surface area (Å²) in [5, 5.41) is 2.93. The Kier molecular flexibility index (Phi) is 5.73. The van der Waals surface area contributed by atoms with Crippen molar-refractivity contribution in [1.82, 2.24) is 9.13 Å². The third-order valence-corrected chi connectivity index (χ3v) is 4.38. The van der Waals surface area contributed by atoms with Gasteiger partial charge in [-0.2, -0.15) is 0 Å². The van der Waals surface area contributed by atoms with Crippen LogP contribution in [-0.4, -0.2) is 15.5 Å². The second-order valence-electron chi connectivity index (χ2n) is 6.99. The molecule has 1 N–H and O–H groups in total. The van der Waals surface area contributed by atoms with Gasteiger partial charge in [0.25, 0.3) is 5.56 Å². The van der Waals surface area contributed by atoms with Gasteiger partial charge < -0.3 is 10.1 Å². The highest BCUT2D eigenvalue weighted by Crippen LogP contribution is 2.25. The average Bonchev–Trinajstić information content (AvgIpc) is 2.63. The van der Waals surface area contributed by atoms with Crippen molar-refractivity contribution < 1.29 is 17.9 Å². The van der Waals surface area contributed by atoms with Crippen LogP contribution in [0.3, 0.4) is 0 Å². The van der Waals surface area contributed by atoms with Crippen molar-refractivity contribution in [2.45, 2.75) is 26.8 Å². The molecule has 1 aromatic heterocycles. The van der Waals surface area contributed by atoms with Crippen LogP contribution in [0.25, 0.3) is 0 Å². The molecule has 2 aromatic carbocycles. The molecule has 0 saturated carbocycles. The van der Waals surface area contributed by atoms with Crippen LogP contribution in [0.2, 0.25) is 0 Å². The Hall–Kier alpha value is -3.49. The van der Waals surface area contributed by atoms with E-state index in [1.54, 1.807) is 0 Å². The summed E-state index contributed by atoms with van der Waals surface area (Å²) in [7, 11) is 1.38. The highest BCUT2D eigenvalue weighted by molar-refractivity contribution is 5.57. The maximum absolute atomic E-state index is 12.7. The minimum absolute atomic E-state index is 0.215. The molecule has 3 rings (SSSR count). The van der Waals surface area contributed by atoms with Gasteiger partial charge in [-0.05, 0) is 43.7 Å².